The Balaban J connectivity index is 1.86. The predicted molar refractivity (Wildman–Crippen MR) is 99.5 cm³/mol. The maximum Gasteiger partial charge on any atom is 0.416 e. The van der Waals surface area contributed by atoms with E-state index in [1.807, 2.05) is 0 Å². The Morgan fingerprint density at radius 1 is 1.36 bits per heavy atom. The molecule has 0 bridgehead atoms. The smallest absolute Gasteiger partial charge is 0.416 e. The van der Waals surface area contributed by atoms with Crippen LogP contribution in [0, 0.1) is 6.92 Å². The molecule has 4 rings (SSSR count). The number of thiophene rings is 1. The molecule has 0 unspecified atom stereocenters. The van der Waals surface area contributed by atoms with Crippen molar-refractivity contribution in [2.24, 2.45) is 0 Å². The Hall–Kier alpha value is -2.94. The molecule has 28 heavy (non-hydrogen) atoms. The van der Waals surface area contributed by atoms with E-state index >= 15 is 0 Å². The van der Waals surface area contributed by atoms with E-state index in [0.717, 1.165) is 23.5 Å². The van der Waals surface area contributed by atoms with Crippen LogP contribution in [-0.2, 0) is 12.7 Å². The van der Waals surface area contributed by atoms with Gasteiger partial charge in [-0.25, -0.2) is 9.78 Å². The highest BCUT2D eigenvalue weighted by Gasteiger charge is 2.30. The molecular formula is C19H13F3N2O3S. The number of aryl methyl sites for hydroxylation is 1. The zero-order chi connectivity index (χ0) is 20.2. The summed E-state index contributed by atoms with van der Waals surface area (Å²) in [6.07, 6.45) is -2.39. The third kappa shape index (κ3) is 2.91. The fourth-order valence-electron chi connectivity index (χ4n) is 3.36. The number of carboxylic acid groups (broad SMARTS) is 1. The largest absolute Gasteiger partial charge is 0.477 e. The van der Waals surface area contributed by atoms with Gasteiger partial charge in [-0.2, -0.15) is 13.2 Å². The first-order valence-electron chi connectivity index (χ1n) is 8.32. The summed E-state index contributed by atoms with van der Waals surface area (Å²) in [5, 5.41) is 9.56. The van der Waals surface area contributed by atoms with Crippen LogP contribution >= 0.6 is 11.3 Å². The number of halogens is 3. The van der Waals surface area contributed by atoms with Gasteiger partial charge in [-0.3, -0.25) is 9.36 Å². The number of rotatable bonds is 2. The number of nitrogens with zero attached hydrogens (tertiary/aromatic N) is 2. The average molecular weight is 406 g/mol. The summed E-state index contributed by atoms with van der Waals surface area (Å²) < 4.78 is 40.2. The molecule has 0 fully saturated rings. The number of carboxylic acids is 1. The summed E-state index contributed by atoms with van der Waals surface area (Å²) in [6, 6.07) is 4.93. The zero-order valence-corrected chi connectivity index (χ0v) is 15.3. The minimum absolute atomic E-state index is 0.0623. The average Bonchev–Trinajstić information content (AvgIpc) is 3.17. The van der Waals surface area contributed by atoms with Crippen molar-refractivity contribution in [1.82, 2.24) is 9.55 Å². The number of aromatic nitrogens is 2. The second kappa shape index (κ2) is 6.30. The van der Waals surface area contributed by atoms with Crippen LogP contribution in [0.25, 0.3) is 21.9 Å². The molecule has 1 aliphatic heterocycles. The van der Waals surface area contributed by atoms with Gasteiger partial charge in [-0.1, -0.05) is 12.1 Å². The topological polar surface area (TPSA) is 72.2 Å². The molecule has 0 aliphatic carbocycles. The van der Waals surface area contributed by atoms with Crippen molar-refractivity contribution in [3.63, 3.8) is 0 Å². The van der Waals surface area contributed by atoms with Crippen LogP contribution in [0.15, 0.2) is 29.1 Å². The van der Waals surface area contributed by atoms with Crippen molar-refractivity contribution in [3.8, 4) is 0 Å². The Labute approximate surface area is 160 Å². The van der Waals surface area contributed by atoms with Crippen molar-refractivity contribution in [2.45, 2.75) is 26.1 Å². The van der Waals surface area contributed by atoms with Gasteiger partial charge in [0.1, 0.15) is 15.5 Å². The van der Waals surface area contributed by atoms with E-state index in [4.69, 9.17) is 0 Å². The van der Waals surface area contributed by atoms with E-state index < -0.39 is 17.7 Å². The summed E-state index contributed by atoms with van der Waals surface area (Å²) in [4.78, 5) is 29.0. The van der Waals surface area contributed by atoms with Crippen molar-refractivity contribution < 1.29 is 23.1 Å². The standard InChI is InChI=1S/C19H13F3N2O3S/c1-9-13-16(28-14(9)18(26)27)23-15-11(5-6-24(15)17(13)25)7-10-3-2-4-12(8-10)19(20,21)22/h2-4,7-8H,5-6H2,1H3,(H,26,27). The lowest BCUT2D eigenvalue weighted by Gasteiger charge is -2.07. The maximum atomic E-state index is 12.9. The third-order valence-corrected chi connectivity index (χ3v) is 5.87. The van der Waals surface area contributed by atoms with Crippen molar-refractivity contribution >= 4 is 39.2 Å². The number of hydrogen-bond donors (Lipinski definition) is 1. The quantitative estimate of drug-likeness (QED) is 0.684. The minimum Gasteiger partial charge on any atom is -0.477 e. The van der Waals surface area contributed by atoms with Crippen LogP contribution in [-0.4, -0.2) is 20.6 Å². The van der Waals surface area contributed by atoms with Gasteiger partial charge in [0.05, 0.1) is 10.9 Å². The van der Waals surface area contributed by atoms with Crippen LogP contribution in [0.1, 0.15) is 38.6 Å². The number of benzene rings is 1. The lowest BCUT2D eigenvalue weighted by atomic mass is 10.1. The number of allylic oxidation sites excluding steroid dienone is 1. The van der Waals surface area contributed by atoms with Crippen LogP contribution in [0.5, 0.6) is 0 Å². The van der Waals surface area contributed by atoms with Gasteiger partial charge >= 0.3 is 12.1 Å². The van der Waals surface area contributed by atoms with Crippen molar-refractivity contribution in [3.05, 3.63) is 62.0 Å². The van der Waals surface area contributed by atoms with Gasteiger partial charge in [0.2, 0.25) is 0 Å². The summed E-state index contributed by atoms with van der Waals surface area (Å²) >= 11 is 0.926. The van der Waals surface area contributed by atoms with Crippen molar-refractivity contribution in [2.75, 3.05) is 0 Å². The molecule has 0 amide bonds. The summed E-state index contributed by atoms with van der Waals surface area (Å²) in [5.74, 6) is -0.752. The van der Waals surface area contributed by atoms with E-state index in [1.165, 1.54) is 10.6 Å². The number of fused-ring (bicyclic) bond motifs is 2. The first kappa shape index (κ1) is 18.4. The normalized spacial score (nSPS) is 15.4. The number of carbonyl (C=O) groups is 1. The molecular weight excluding hydrogens is 393 g/mol. The number of aromatic carboxylic acids is 1. The van der Waals surface area contributed by atoms with E-state index in [0.29, 0.717) is 40.3 Å². The Bertz CT molecular complexity index is 1220. The predicted octanol–water partition coefficient (Wildman–Crippen LogP) is 4.43. The molecule has 3 aromatic rings. The minimum atomic E-state index is -4.44. The molecule has 0 radical (unpaired) electrons. The Kier molecular flexibility index (Phi) is 4.15. The summed E-state index contributed by atoms with van der Waals surface area (Å²) in [7, 11) is 0. The first-order chi connectivity index (χ1) is 13.2. The molecule has 1 aliphatic rings. The monoisotopic (exact) mass is 406 g/mol. The second-order valence-electron chi connectivity index (χ2n) is 6.48. The van der Waals surface area contributed by atoms with E-state index in [9.17, 15) is 27.9 Å². The molecule has 2 aromatic heterocycles. The molecule has 5 nitrogen and oxygen atoms in total. The molecule has 9 heteroatoms. The van der Waals surface area contributed by atoms with Crippen LogP contribution in [0.4, 0.5) is 13.2 Å². The molecule has 3 heterocycles. The first-order valence-corrected chi connectivity index (χ1v) is 9.14. The van der Waals surface area contributed by atoms with Crippen LogP contribution < -0.4 is 5.56 Å². The highest BCUT2D eigenvalue weighted by Crippen LogP contribution is 2.34. The highest BCUT2D eigenvalue weighted by atomic mass is 32.1. The molecule has 0 atom stereocenters. The second-order valence-corrected chi connectivity index (χ2v) is 7.48. The number of alkyl halides is 3. The van der Waals surface area contributed by atoms with Gasteiger partial charge in [0, 0.05) is 6.54 Å². The lowest BCUT2D eigenvalue weighted by Crippen LogP contribution is -2.20. The van der Waals surface area contributed by atoms with E-state index in [-0.39, 0.29) is 15.8 Å². The van der Waals surface area contributed by atoms with Crippen molar-refractivity contribution in [1.29, 1.82) is 0 Å². The van der Waals surface area contributed by atoms with Gasteiger partial charge in [-0.05, 0) is 48.3 Å². The lowest BCUT2D eigenvalue weighted by molar-refractivity contribution is -0.137. The SMILES string of the molecule is Cc1c(C(=O)O)sc2nc3n(c(=O)c12)CCC3=Cc1cccc(C(F)(F)F)c1. The Morgan fingerprint density at radius 2 is 2.11 bits per heavy atom. The fraction of sp³-hybridized carbons (Fsp3) is 0.211. The highest BCUT2D eigenvalue weighted by molar-refractivity contribution is 7.20. The van der Waals surface area contributed by atoms with Crippen LogP contribution in [0.3, 0.4) is 0 Å². The summed E-state index contributed by atoms with van der Waals surface area (Å²) in [5.41, 5.74) is 0.312. The van der Waals surface area contributed by atoms with E-state index in [2.05, 4.69) is 4.98 Å². The van der Waals surface area contributed by atoms with Gasteiger partial charge in [0.25, 0.3) is 5.56 Å². The molecule has 1 aromatic carbocycles. The molecule has 0 saturated heterocycles. The van der Waals surface area contributed by atoms with Gasteiger partial charge < -0.3 is 5.11 Å². The molecule has 144 valence electrons. The third-order valence-electron chi connectivity index (χ3n) is 4.69. The van der Waals surface area contributed by atoms with Gasteiger partial charge in [0.15, 0.2) is 0 Å². The molecule has 0 spiro atoms. The summed E-state index contributed by atoms with van der Waals surface area (Å²) in [6.45, 7) is 1.92. The molecule has 0 saturated carbocycles. The fourth-order valence-corrected chi connectivity index (χ4v) is 4.37. The van der Waals surface area contributed by atoms with E-state index in [1.54, 1.807) is 19.1 Å². The maximum absolute atomic E-state index is 12.9. The van der Waals surface area contributed by atoms with Gasteiger partial charge in [-0.15, -0.1) is 11.3 Å². The molecule has 1 N–H and O–H groups in total. The zero-order valence-electron chi connectivity index (χ0n) is 14.5. The number of hydrogen-bond acceptors (Lipinski definition) is 4. The van der Waals surface area contributed by atoms with Crippen LogP contribution in [0.2, 0.25) is 0 Å². The Morgan fingerprint density at radius 3 is 2.79 bits per heavy atom.